The Morgan fingerprint density at radius 3 is 2.22 bits per heavy atom. The second-order valence-electron chi connectivity index (χ2n) is 10.2. The number of rotatable bonds is 6. The standard InChI is InChI=1S/C23H27ClF3N3O5S/c24-17-11-15(29-9-7-28(8-10-29)14-1-2-14)3-4-19(17)36(34,35)16-12-18(20(31)32)30(13-16)21(33)22(5-6-22)23(25,26)27/h3-4,11,14,16,18H,1-2,5-10,12-13H2,(H,31,32)/t16-,18+/m1/s1. The molecule has 0 unspecified atom stereocenters. The molecular formula is C23H27ClF3N3O5S. The van der Waals surface area contributed by atoms with E-state index in [1.165, 1.54) is 18.9 Å². The van der Waals surface area contributed by atoms with Crippen LogP contribution in [0.5, 0.6) is 0 Å². The molecule has 0 aromatic heterocycles. The molecule has 2 heterocycles. The van der Waals surface area contributed by atoms with Crippen molar-refractivity contribution in [1.82, 2.24) is 9.80 Å². The lowest BCUT2D eigenvalue weighted by atomic mass is 10.0. The topological polar surface area (TPSA) is 98.2 Å². The number of alkyl halides is 3. The fourth-order valence-corrected chi connectivity index (χ4v) is 7.62. The first kappa shape index (κ1) is 25.6. The van der Waals surface area contributed by atoms with Gasteiger partial charge in [0.1, 0.15) is 11.5 Å². The molecule has 4 aliphatic rings. The number of piperazine rings is 1. The highest BCUT2D eigenvalue weighted by Crippen LogP contribution is 2.59. The van der Waals surface area contributed by atoms with Gasteiger partial charge in [-0.25, -0.2) is 13.2 Å². The molecular weight excluding hydrogens is 523 g/mol. The molecule has 1 N–H and O–H groups in total. The molecule has 2 saturated heterocycles. The number of carboxylic acid groups (broad SMARTS) is 1. The molecule has 0 spiro atoms. The summed E-state index contributed by atoms with van der Waals surface area (Å²) in [5.74, 6) is -2.90. The fraction of sp³-hybridized carbons (Fsp3) is 0.652. The first-order valence-corrected chi connectivity index (χ1v) is 13.9. The second-order valence-corrected chi connectivity index (χ2v) is 12.8. The van der Waals surface area contributed by atoms with Crippen molar-refractivity contribution in [1.29, 1.82) is 0 Å². The number of hydrogen-bond acceptors (Lipinski definition) is 6. The van der Waals surface area contributed by atoms with Gasteiger partial charge in [-0.3, -0.25) is 9.69 Å². The molecule has 4 fully saturated rings. The molecule has 36 heavy (non-hydrogen) atoms. The van der Waals surface area contributed by atoms with Gasteiger partial charge in [0.25, 0.3) is 0 Å². The number of likely N-dealkylation sites (tertiary alicyclic amines) is 1. The third-order valence-corrected chi connectivity index (χ3v) is 10.5. The maximum Gasteiger partial charge on any atom is 0.403 e. The van der Waals surface area contributed by atoms with Gasteiger partial charge < -0.3 is 14.9 Å². The molecule has 5 rings (SSSR count). The van der Waals surface area contributed by atoms with Gasteiger partial charge in [-0.1, -0.05) is 11.6 Å². The minimum Gasteiger partial charge on any atom is -0.480 e. The van der Waals surface area contributed by atoms with E-state index in [1.54, 1.807) is 12.1 Å². The molecule has 1 aromatic carbocycles. The van der Waals surface area contributed by atoms with Crippen LogP contribution >= 0.6 is 11.6 Å². The number of anilines is 1. The summed E-state index contributed by atoms with van der Waals surface area (Å²) >= 11 is 6.38. The Morgan fingerprint density at radius 2 is 1.72 bits per heavy atom. The monoisotopic (exact) mass is 549 g/mol. The van der Waals surface area contributed by atoms with Gasteiger partial charge in [0.05, 0.1) is 15.2 Å². The first-order chi connectivity index (χ1) is 16.8. The fourth-order valence-electron chi connectivity index (χ4n) is 5.38. The lowest BCUT2D eigenvalue weighted by molar-refractivity contribution is -0.199. The van der Waals surface area contributed by atoms with Gasteiger partial charge in [-0.2, -0.15) is 13.2 Å². The van der Waals surface area contributed by atoms with Gasteiger partial charge in [-0.05, 0) is 50.3 Å². The highest BCUT2D eigenvalue weighted by molar-refractivity contribution is 7.92. The number of carbonyl (C=O) groups is 2. The summed E-state index contributed by atoms with van der Waals surface area (Å²) in [6.45, 7) is 2.74. The summed E-state index contributed by atoms with van der Waals surface area (Å²) in [6, 6.07) is 3.57. The van der Waals surface area contributed by atoms with Gasteiger partial charge in [0.2, 0.25) is 5.91 Å². The summed E-state index contributed by atoms with van der Waals surface area (Å²) in [6.07, 6.45) is -3.74. The number of aliphatic carboxylic acids is 1. The number of carboxylic acids is 1. The molecule has 0 radical (unpaired) electrons. The van der Waals surface area contributed by atoms with E-state index in [-0.39, 0.29) is 9.92 Å². The summed E-state index contributed by atoms with van der Waals surface area (Å²) in [5, 5.41) is 8.15. The number of amides is 1. The summed E-state index contributed by atoms with van der Waals surface area (Å²) in [5.41, 5.74) is -1.86. The number of benzene rings is 1. The smallest absolute Gasteiger partial charge is 0.403 e. The molecule has 2 aliphatic heterocycles. The molecule has 8 nitrogen and oxygen atoms in total. The quantitative estimate of drug-likeness (QED) is 0.583. The van der Waals surface area contributed by atoms with Crippen LogP contribution in [0.3, 0.4) is 0 Å². The van der Waals surface area contributed by atoms with E-state index in [4.69, 9.17) is 11.6 Å². The summed E-state index contributed by atoms with van der Waals surface area (Å²) in [7, 11) is -4.22. The first-order valence-electron chi connectivity index (χ1n) is 12.0. The molecule has 2 atom stereocenters. The lowest BCUT2D eigenvalue weighted by Crippen LogP contribution is -2.48. The molecule has 2 aliphatic carbocycles. The minimum atomic E-state index is -4.83. The van der Waals surface area contributed by atoms with Crippen LogP contribution in [-0.4, -0.2) is 91.4 Å². The number of sulfone groups is 1. The van der Waals surface area contributed by atoms with Crippen LogP contribution in [0, 0.1) is 5.41 Å². The number of halogens is 4. The minimum absolute atomic E-state index is 0.0391. The summed E-state index contributed by atoms with van der Waals surface area (Å²) in [4.78, 5) is 29.5. The van der Waals surface area contributed by atoms with Crippen molar-refractivity contribution in [3.63, 3.8) is 0 Å². The second kappa shape index (κ2) is 8.76. The molecule has 1 amide bonds. The van der Waals surface area contributed by atoms with E-state index in [1.807, 2.05) is 0 Å². The van der Waals surface area contributed by atoms with Crippen molar-refractivity contribution < 1.29 is 36.3 Å². The third kappa shape index (κ3) is 4.34. The summed E-state index contributed by atoms with van der Waals surface area (Å²) < 4.78 is 67.3. The molecule has 0 bridgehead atoms. The molecule has 1 aromatic rings. The van der Waals surface area contributed by atoms with E-state index in [0.717, 1.165) is 31.9 Å². The van der Waals surface area contributed by atoms with Crippen molar-refractivity contribution in [2.45, 2.75) is 60.5 Å². The Hall–Kier alpha value is -2.05. The Morgan fingerprint density at radius 1 is 1.08 bits per heavy atom. The van der Waals surface area contributed by atoms with Crippen molar-refractivity contribution >= 4 is 39.0 Å². The largest absolute Gasteiger partial charge is 0.480 e. The van der Waals surface area contributed by atoms with Crippen LogP contribution in [0.2, 0.25) is 5.02 Å². The van der Waals surface area contributed by atoms with E-state index < -0.39 is 70.4 Å². The van der Waals surface area contributed by atoms with Crippen molar-refractivity contribution in [2.24, 2.45) is 5.41 Å². The Balaban J connectivity index is 1.34. The Kier molecular flexibility index (Phi) is 6.23. The maximum absolute atomic E-state index is 13.5. The Labute approximate surface area is 211 Å². The van der Waals surface area contributed by atoms with Crippen LogP contribution < -0.4 is 4.90 Å². The normalized spacial score (nSPS) is 26.8. The molecule has 198 valence electrons. The van der Waals surface area contributed by atoms with Gasteiger partial charge in [-0.15, -0.1) is 0 Å². The van der Waals surface area contributed by atoms with Crippen LogP contribution in [-0.2, 0) is 19.4 Å². The van der Waals surface area contributed by atoms with E-state index in [0.29, 0.717) is 10.9 Å². The predicted octanol–water partition coefficient (Wildman–Crippen LogP) is 2.79. The third-order valence-electron chi connectivity index (χ3n) is 7.91. The zero-order valence-corrected chi connectivity index (χ0v) is 20.9. The molecule has 2 saturated carbocycles. The highest BCUT2D eigenvalue weighted by Gasteiger charge is 2.70. The molecule has 13 heteroatoms. The maximum atomic E-state index is 13.5. The van der Waals surface area contributed by atoms with Gasteiger partial charge in [0.15, 0.2) is 9.84 Å². The number of nitrogens with zero attached hydrogens (tertiary/aromatic N) is 3. The average Bonchev–Trinajstić information content (AvgIpc) is 3.74. The van der Waals surface area contributed by atoms with Crippen LogP contribution in [0.1, 0.15) is 32.1 Å². The predicted molar refractivity (Wildman–Crippen MR) is 125 cm³/mol. The van der Waals surface area contributed by atoms with E-state index in [9.17, 15) is 36.3 Å². The van der Waals surface area contributed by atoms with Gasteiger partial charge >= 0.3 is 12.1 Å². The Bertz CT molecular complexity index is 1180. The van der Waals surface area contributed by atoms with E-state index >= 15 is 0 Å². The average molecular weight is 550 g/mol. The zero-order chi connectivity index (χ0) is 26.0. The van der Waals surface area contributed by atoms with Crippen LogP contribution in [0.15, 0.2) is 23.1 Å². The van der Waals surface area contributed by atoms with E-state index in [2.05, 4.69) is 9.80 Å². The van der Waals surface area contributed by atoms with Crippen molar-refractivity contribution in [2.75, 3.05) is 37.6 Å². The van der Waals surface area contributed by atoms with Crippen LogP contribution in [0.4, 0.5) is 18.9 Å². The SMILES string of the molecule is O=C(O)[C@@H]1C[C@@H](S(=O)(=O)c2ccc(N3CCN(C4CC4)CC3)cc2Cl)CN1C(=O)C1(C(F)(F)F)CC1. The van der Waals surface area contributed by atoms with Gasteiger partial charge in [0, 0.05) is 44.5 Å². The van der Waals surface area contributed by atoms with Crippen LogP contribution in [0.25, 0.3) is 0 Å². The highest BCUT2D eigenvalue weighted by atomic mass is 35.5. The zero-order valence-electron chi connectivity index (χ0n) is 19.4. The van der Waals surface area contributed by atoms with Crippen molar-refractivity contribution in [3.05, 3.63) is 23.2 Å². The number of carbonyl (C=O) groups excluding carboxylic acids is 1. The number of hydrogen-bond donors (Lipinski definition) is 1. The van der Waals surface area contributed by atoms with Crippen molar-refractivity contribution in [3.8, 4) is 0 Å². The lowest BCUT2D eigenvalue weighted by Gasteiger charge is -2.36.